The van der Waals surface area contributed by atoms with Crippen LogP contribution in [0.1, 0.15) is 36.0 Å². The zero-order valence-corrected chi connectivity index (χ0v) is 12.2. The number of aromatic nitrogens is 4. The van der Waals surface area contributed by atoms with E-state index < -0.39 is 0 Å². The molecule has 1 aliphatic carbocycles. The Labute approximate surface area is 120 Å². The van der Waals surface area contributed by atoms with Crippen molar-refractivity contribution in [2.75, 3.05) is 5.32 Å². The lowest BCUT2D eigenvalue weighted by molar-refractivity contribution is 0.903. The van der Waals surface area contributed by atoms with Crippen molar-refractivity contribution in [3.63, 3.8) is 0 Å². The quantitative estimate of drug-likeness (QED) is 0.878. The third-order valence-electron chi connectivity index (χ3n) is 2.94. The van der Waals surface area contributed by atoms with E-state index in [1.54, 1.807) is 12.4 Å². The van der Waals surface area contributed by atoms with Gasteiger partial charge in [0.2, 0.25) is 0 Å². The molecule has 98 valence electrons. The molecule has 1 aliphatic rings. The Morgan fingerprint density at radius 3 is 2.79 bits per heavy atom. The van der Waals surface area contributed by atoms with Gasteiger partial charge in [0.1, 0.15) is 16.2 Å². The summed E-state index contributed by atoms with van der Waals surface area (Å²) in [6.07, 6.45) is 5.93. The van der Waals surface area contributed by atoms with Crippen LogP contribution in [0.5, 0.6) is 0 Å². The summed E-state index contributed by atoms with van der Waals surface area (Å²) in [6, 6.07) is 1.88. The Hall–Kier alpha value is -1.56. The minimum absolute atomic E-state index is 0.539. The first-order valence-electron chi connectivity index (χ1n) is 6.26. The van der Waals surface area contributed by atoms with E-state index in [0.29, 0.717) is 12.5 Å². The first kappa shape index (κ1) is 12.5. The maximum Gasteiger partial charge on any atom is 0.135 e. The molecule has 5 nitrogen and oxygen atoms in total. The molecule has 2 aromatic heterocycles. The number of aryl methyl sites for hydroxylation is 1. The Balaban J connectivity index is 1.70. The van der Waals surface area contributed by atoms with E-state index in [1.165, 1.54) is 12.8 Å². The number of hydrogen-bond acceptors (Lipinski definition) is 5. The Morgan fingerprint density at radius 2 is 2.11 bits per heavy atom. The van der Waals surface area contributed by atoms with E-state index in [0.717, 1.165) is 27.6 Å². The second kappa shape index (κ2) is 5.21. The highest BCUT2D eigenvalue weighted by atomic mass is 79.9. The maximum atomic E-state index is 4.53. The molecule has 0 unspecified atom stereocenters. The smallest absolute Gasteiger partial charge is 0.135 e. The standard InChI is InChI=1S/C13H14BrN5/c1-8-5-16-10(6-15-8)7-17-12-4-11(14)18-13(19-12)9-2-3-9/h4-6,9H,2-3,7H2,1H3,(H,17,18,19). The highest BCUT2D eigenvalue weighted by Gasteiger charge is 2.27. The third kappa shape index (κ3) is 3.26. The molecular weight excluding hydrogens is 306 g/mol. The van der Waals surface area contributed by atoms with Crippen molar-refractivity contribution in [3.8, 4) is 0 Å². The highest BCUT2D eigenvalue weighted by Crippen LogP contribution is 2.38. The van der Waals surface area contributed by atoms with Crippen molar-refractivity contribution in [2.45, 2.75) is 32.2 Å². The van der Waals surface area contributed by atoms with E-state index in [2.05, 4.69) is 41.2 Å². The summed E-state index contributed by atoms with van der Waals surface area (Å²) >= 11 is 3.43. The average Bonchev–Trinajstić information content (AvgIpc) is 3.22. The SMILES string of the molecule is Cc1cnc(CNc2cc(Br)nc(C3CC3)n2)cn1. The van der Waals surface area contributed by atoms with Crippen LogP contribution in [-0.2, 0) is 6.54 Å². The summed E-state index contributed by atoms with van der Waals surface area (Å²) in [5.41, 5.74) is 1.82. The fraction of sp³-hybridized carbons (Fsp3) is 0.385. The summed E-state index contributed by atoms with van der Waals surface area (Å²) in [6.45, 7) is 2.54. The summed E-state index contributed by atoms with van der Waals surface area (Å²) in [4.78, 5) is 17.5. The lowest BCUT2D eigenvalue weighted by Gasteiger charge is -2.07. The van der Waals surface area contributed by atoms with Crippen LogP contribution in [0.3, 0.4) is 0 Å². The zero-order chi connectivity index (χ0) is 13.2. The molecule has 3 rings (SSSR count). The summed E-state index contributed by atoms with van der Waals surface area (Å²) in [5.74, 6) is 2.29. The third-order valence-corrected chi connectivity index (χ3v) is 3.35. The normalized spacial score (nSPS) is 14.4. The van der Waals surface area contributed by atoms with Gasteiger partial charge in [0, 0.05) is 18.2 Å². The molecule has 2 heterocycles. The summed E-state index contributed by atoms with van der Waals surface area (Å²) in [7, 11) is 0. The van der Waals surface area contributed by atoms with Gasteiger partial charge in [-0.15, -0.1) is 0 Å². The van der Waals surface area contributed by atoms with Crippen LogP contribution in [0, 0.1) is 6.92 Å². The molecule has 0 aromatic carbocycles. The molecule has 0 saturated heterocycles. The van der Waals surface area contributed by atoms with Gasteiger partial charge in [-0.1, -0.05) is 0 Å². The zero-order valence-electron chi connectivity index (χ0n) is 10.6. The maximum absolute atomic E-state index is 4.53. The topological polar surface area (TPSA) is 63.6 Å². The van der Waals surface area contributed by atoms with Crippen molar-refractivity contribution in [2.24, 2.45) is 0 Å². The predicted octanol–water partition coefficient (Wildman–Crippen LogP) is 2.83. The Bertz CT molecular complexity index is 580. The van der Waals surface area contributed by atoms with Gasteiger partial charge in [0.05, 0.1) is 24.1 Å². The van der Waals surface area contributed by atoms with Crippen molar-refractivity contribution in [1.82, 2.24) is 19.9 Å². The molecule has 0 spiro atoms. The summed E-state index contributed by atoms with van der Waals surface area (Å²) < 4.78 is 0.821. The molecular formula is C13H14BrN5. The molecule has 0 amide bonds. The van der Waals surface area contributed by atoms with Gasteiger partial charge in [-0.2, -0.15) is 0 Å². The second-order valence-corrected chi connectivity index (χ2v) is 5.52. The van der Waals surface area contributed by atoms with Gasteiger partial charge < -0.3 is 5.32 Å². The van der Waals surface area contributed by atoms with Crippen LogP contribution in [0.4, 0.5) is 5.82 Å². The molecule has 19 heavy (non-hydrogen) atoms. The second-order valence-electron chi connectivity index (χ2n) is 4.71. The lowest BCUT2D eigenvalue weighted by atomic mass is 10.4. The van der Waals surface area contributed by atoms with Crippen LogP contribution in [0.15, 0.2) is 23.1 Å². The van der Waals surface area contributed by atoms with Crippen LogP contribution < -0.4 is 5.32 Å². The molecule has 2 aromatic rings. The largest absolute Gasteiger partial charge is 0.364 e. The van der Waals surface area contributed by atoms with Gasteiger partial charge >= 0.3 is 0 Å². The van der Waals surface area contributed by atoms with Crippen LogP contribution >= 0.6 is 15.9 Å². The first-order chi connectivity index (χ1) is 9.20. The van der Waals surface area contributed by atoms with Crippen LogP contribution in [-0.4, -0.2) is 19.9 Å². The Morgan fingerprint density at radius 1 is 1.26 bits per heavy atom. The molecule has 1 saturated carbocycles. The average molecular weight is 320 g/mol. The molecule has 0 bridgehead atoms. The number of rotatable bonds is 4. The number of nitrogens with one attached hydrogen (secondary N) is 1. The van der Waals surface area contributed by atoms with E-state index in [-0.39, 0.29) is 0 Å². The predicted molar refractivity (Wildman–Crippen MR) is 75.8 cm³/mol. The molecule has 0 aliphatic heterocycles. The minimum atomic E-state index is 0.539. The van der Waals surface area contributed by atoms with Crippen LogP contribution in [0.2, 0.25) is 0 Å². The Kier molecular flexibility index (Phi) is 3.42. The van der Waals surface area contributed by atoms with Gasteiger partial charge in [-0.3, -0.25) is 9.97 Å². The van der Waals surface area contributed by atoms with E-state index in [9.17, 15) is 0 Å². The van der Waals surface area contributed by atoms with Gasteiger partial charge in [-0.25, -0.2) is 9.97 Å². The van der Waals surface area contributed by atoms with Crippen molar-refractivity contribution in [1.29, 1.82) is 0 Å². The van der Waals surface area contributed by atoms with Gasteiger partial charge in [0.15, 0.2) is 0 Å². The van der Waals surface area contributed by atoms with E-state index in [4.69, 9.17) is 0 Å². The first-order valence-corrected chi connectivity index (χ1v) is 7.06. The van der Waals surface area contributed by atoms with Gasteiger partial charge in [-0.05, 0) is 35.7 Å². The van der Waals surface area contributed by atoms with Crippen molar-refractivity contribution < 1.29 is 0 Å². The van der Waals surface area contributed by atoms with Crippen molar-refractivity contribution >= 4 is 21.7 Å². The number of hydrogen-bond donors (Lipinski definition) is 1. The molecule has 0 atom stereocenters. The van der Waals surface area contributed by atoms with E-state index in [1.807, 2.05) is 13.0 Å². The highest BCUT2D eigenvalue weighted by molar-refractivity contribution is 9.10. The van der Waals surface area contributed by atoms with E-state index >= 15 is 0 Å². The van der Waals surface area contributed by atoms with Gasteiger partial charge in [0.25, 0.3) is 0 Å². The fourth-order valence-corrected chi connectivity index (χ4v) is 2.14. The fourth-order valence-electron chi connectivity index (χ4n) is 1.74. The molecule has 1 N–H and O–H groups in total. The number of nitrogens with zero attached hydrogens (tertiary/aromatic N) is 4. The minimum Gasteiger partial charge on any atom is -0.364 e. The van der Waals surface area contributed by atoms with Crippen molar-refractivity contribution in [3.05, 3.63) is 40.3 Å². The molecule has 1 fully saturated rings. The molecule has 0 radical (unpaired) electrons. The summed E-state index contributed by atoms with van der Waals surface area (Å²) in [5, 5.41) is 3.26. The molecule has 6 heteroatoms. The number of anilines is 1. The monoisotopic (exact) mass is 319 g/mol. The number of halogens is 1. The lowest BCUT2D eigenvalue weighted by Crippen LogP contribution is -2.06. The van der Waals surface area contributed by atoms with Crippen LogP contribution in [0.25, 0.3) is 0 Å².